The Labute approximate surface area is 97.2 Å². The lowest BCUT2D eigenvalue weighted by Crippen LogP contribution is -1.93. The predicted octanol–water partition coefficient (Wildman–Crippen LogP) is 3.81. The van der Waals surface area contributed by atoms with E-state index in [2.05, 4.69) is 9.97 Å². The third-order valence-electron chi connectivity index (χ3n) is 2.63. The Morgan fingerprint density at radius 2 is 1.93 bits per heavy atom. The number of nitrogens with zero attached hydrogens (tertiary/aromatic N) is 2. The zero-order chi connectivity index (χ0) is 10.4. The van der Waals surface area contributed by atoms with Gasteiger partial charge in [-0.3, -0.25) is 0 Å². The lowest BCUT2D eigenvalue weighted by atomic mass is 10.1. The van der Waals surface area contributed by atoms with Crippen molar-refractivity contribution in [1.82, 2.24) is 9.97 Å². The van der Waals surface area contributed by atoms with Crippen molar-refractivity contribution in [3.8, 4) is 0 Å². The van der Waals surface area contributed by atoms with E-state index >= 15 is 0 Å². The SMILES string of the molecule is Clc1ccc2c(C3CC3)nc(Cl)nc2c1. The second-order valence-electron chi connectivity index (χ2n) is 3.81. The van der Waals surface area contributed by atoms with E-state index < -0.39 is 0 Å². The average molecular weight is 239 g/mol. The number of fused-ring (bicyclic) bond motifs is 1. The molecule has 1 heterocycles. The minimum atomic E-state index is 0.312. The van der Waals surface area contributed by atoms with Crippen LogP contribution in [-0.4, -0.2) is 9.97 Å². The molecule has 0 N–H and O–H groups in total. The van der Waals surface area contributed by atoms with Gasteiger partial charge in [0.15, 0.2) is 0 Å². The molecule has 2 nitrogen and oxygen atoms in total. The van der Waals surface area contributed by atoms with E-state index in [1.807, 2.05) is 18.2 Å². The van der Waals surface area contributed by atoms with Gasteiger partial charge in [-0.1, -0.05) is 11.6 Å². The molecule has 1 aliphatic carbocycles. The standard InChI is InChI=1S/C11H8Cl2N2/c12-7-3-4-8-9(5-7)14-11(13)15-10(8)6-1-2-6/h3-6H,1-2H2. The van der Waals surface area contributed by atoms with Crippen LogP contribution in [0.3, 0.4) is 0 Å². The molecule has 3 rings (SSSR count). The highest BCUT2D eigenvalue weighted by Gasteiger charge is 2.27. The second-order valence-corrected chi connectivity index (χ2v) is 4.59. The molecule has 15 heavy (non-hydrogen) atoms. The number of halogens is 2. The maximum absolute atomic E-state index is 5.92. The molecule has 2 aromatic rings. The van der Waals surface area contributed by atoms with Crippen molar-refractivity contribution in [2.24, 2.45) is 0 Å². The van der Waals surface area contributed by atoms with E-state index in [0.29, 0.717) is 16.2 Å². The Kier molecular flexibility index (Phi) is 2.08. The number of hydrogen-bond acceptors (Lipinski definition) is 2. The molecule has 1 fully saturated rings. The molecule has 76 valence electrons. The highest BCUT2D eigenvalue weighted by Crippen LogP contribution is 2.42. The molecule has 0 bridgehead atoms. The van der Waals surface area contributed by atoms with Crippen LogP contribution in [0.4, 0.5) is 0 Å². The van der Waals surface area contributed by atoms with Crippen molar-refractivity contribution in [3.05, 3.63) is 34.2 Å². The van der Waals surface area contributed by atoms with Crippen LogP contribution in [0, 0.1) is 0 Å². The van der Waals surface area contributed by atoms with Crippen LogP contribution < -0.4 is 0 Å². The van der Waals surface area contributed by atoms with Gasteiger partial charge in [0, 0.05) is 16.3 Å². The van der Waals surface area contributed by atoms with Crippen molar-refractivity contribution >= 4 is 34.1 Å². The van der Waals surface area contributed by atoms with Crippen molar-refractivity contribution in [1.29, 1.82) is 0 Å². The molecular formula is C11H8Cl2N2. The predicted molar refractivity (Wildman–Crippen MR) is 61.5 cm³/mol. The summed E-state index contributed by atoms with van der Waals surface area (Å²) in [5.74, 6) is 0.564. The summed E-state index contributed by atoms with van der Waals surface area (Å²) in [5.41, 5.74) is 1.91. The zero-order valence-corrected chi connectivity index (χ0v) is 9.39. The summed E-state index contributed by atoms with van der Waals surface area (Å²) in [4.78, 5) is 8.48. The first kappa shape index (κ1) is 9.37. The van der Waals surface area contributed by atoms with Gasteiger partial charge in [-0.25, -0.2) is 9.97 Å². The fourth-order valence-electron chi connectivity index (χ4n) is 1.77. The summed E-state index contributed by atoms with van der Waals surface area (Å²) in [5, 5.41) is 2.07. The monoisotopic (exact) mass is 238 g/mol. The van der Waals surface area contributed by atoms with Crippen LogP contribution in [0.5, 0.6) is 0 Å². The molecule has 1 saturated carbocycles. The highest BCUT2D eigenvalue weighted by atomic mass is 35.5. The lowest BCUT2D eigenvalue weighted by Gasteiger charge is -2.04. The molecule has 0 radical (unpaired) electrons. The minimum absolute atomic E-state index is 0.312. The first-order valence-electron chi connectivity index (χ1n) is 4.87. The van der Waals surface area contributed by atoms with Crippen LogP contribution in [0.1, 0.15) is 24.5 Å². The Balaban J connectivity index is 2.33. The number of aromatic nitrogens is 2. The summed E-state index contributed by atoms with van der Waals surface area (Å²) in [6, 6.07) is 5.67. The van der Waals surface area contributed by atoms with Crippen LogP contribution in [0.25, 0.3) is 10.9 Å². The molecule has 1 aromatic heterocycles. The topological polar surface area (TPSA) is 25.8 Å². The number of benzene rings is 1. The molecule has 1 aromatic carbocycles. The zero-order valence-electron chi connectivity index (χ0n) is 7.87. The Morgan fingerprint density at radius 1 is 1.13 bits per heavy atom. The van der Waals surface area contributed by atoms with Gasteiger partial charge in [-0.05, 0) is 42.6 Å². The molecule has 0 aliphatic heterocycles. The van der Waals surface area contributed by atoms with Crippen LogP contribution in [0.15, 0.2) is 18.2 Å². The Hall–Kier alpha value is -0.860. The first-order valence-corrected chi connectivity index (χ1v) is 5.62. The Bertz CT molecular complexity index is 530. The van der Waals surface area contributed by atoms with E-state index in [1.165, 1.54) is 12.8 Å². The van der Waals surface area contributed by atoms with Gasteiger partial charge in [-0.2, -0.15) is 0 Å². The van der Waals surface area contributed by atoms with E-state index in [4.69, 9.17) is 23.2 Å². The summed E-state index contributed by atoms with van der Waals surface area (Å²) >= 11 is 11.8. The van der Waals surface area contributed by atoms with Crippen molar-refractivity contribution in [2.75, 3.05) is 0 Å². The number of rotatable bonds is 1. The molecule has 0 unspecified atom stereocenters. The summed E-state index contributed by atoms with van der Waals surface area (Å²) in [6.07, 6.45) is 2.40. The quantitative estimate of drug-likeness (QED) is 0.707. The van der Waals surface area contributed by atoms with E-state index in [-0.39, 0.29) is 0 Å². The van der Waals surface area contributed by atoms with Gasteiger partial charge >= 0.3 is 0 Å². The molecule has 4 heteroatoms. The van der Waals surface area contributed by atoms with Crippen molar-refractivity contribution in [2.45, 2.75) is 18.8 Å². The molecule has 1 aliphatic rings. The largest absolute Gasteiger partial charge is 0.223 e. The fraction of sp³-hybridized carbons (Fsp3) is 0.273. The maximum Gasteiger partial charge on any atom is 0.223 e. The van der Waals surface area contributed by atoms with Gasteiger partial charge < -0.3 is 0 Å². The van der Waals surface area contributed by atoms with Crippen molar-refractivity contribution < 1.29 is 0 Å². The molecule has 0 spiro atoms. The lowest BCUT2D eigenvalue weighted by molar-refractivity contribution is 1.02. The third kappa shape index (κ3) is 1.68. The van der Waals surface area contributed by atoms with Gasteiger partial charge in [0.1, 0.15) is 0 Å². The van der Waals surface area contributed by atoms with Gasteiger partial charge in [0.25, 0.3) is 0 Å². The number of hydrogen-bond donors (Lipinski definition) is 0. The van der Waals surface area contributed by atoms with Gasteiger partial charge in [-0.15, -0.1) is 0 Å². The van der Waals surface area contributed by atoms with Crippen LogP contribution in [0.2, 0.25) is 10.3 Å². The molecular weight excluding hydrogens is 231 g/mol. The van der Waals surface area contributed by atoms with E-state index in [1.54, 1.807) is 0 Å². The molecule has 0 saturated heterocycles. The highest BCUT2D eigenvalue weighted by molar-refractivity contribution is 6.31. The van der Waals surface area contributed by atoms with Crippen molar-refractivity contribution in [3.63, 3.8) is 0 Å². The van der Waals surface area contributed by atoms with Gasteiger partial charge in [0.2, 0.25) is 5.28 Å². The molecule has 0 atom stereocenters. The van der Waals surface area contributed by atoms with Crippen LogP contribution >= 0.6 is 23.2 Å². The normalized spacial score (nSPS) is 15.9. The smallest absolute Gasteiger partial charge is 0.222 e. The fourth-order valence-corrected chi connectivity index (χ4v) is 2.11. The second kappa shape index (κ2) is 3.32. The third-order valence-corrected chi connectivity index (χ3v) is 3.03. The average Bonchev–Trinajstić information content (AvgIpc) is 2.98. The summed E-state index contributed by atoms with van der Waals surface area (Å²) in [7, 11) is 0. The maximum atomic E-state index is 5.92. The van der Waals surface area contributed by atoms with Gasteiger partial charge in [0.05, 0.1) is 11.2 Å². The van der Waals surface area contributed by atoms with E-state index in [9.17, 15) is 0 Å². The minimum Gasteiger partial charge on any atom is -0.222 e. The van der Waals surface area contributed by atoms with E-state index in [0.717, 1.165) is 16.6 Å². The summed E-state index contributed by atoms with van der Waals surface area (Å²) < 4.78 is 0. The van der Waals surface area contributed by atoms with Crippen LogP contribution in [-0.2, 0) is 0 Å². The Morgan fingerprint density at radius 3 is 2.67 bits per heavy atom. The first-order chi connectivity index (χ1) is 7.24. The molecule has 0 amide bonds. The summed E-state index contributed by atoms with van der Waals surface area (Å²) in [6.45, 7) is 0.